The van der Waals surface area contributed by atoms with Crippen molar-refractivity contribution in [3.8, 4) is 0 Å². The molecule has 0 bridgehead atoms. The molecule has 0 fully saturated rings. The molecule has 0 spiro atoms. The molecule has 0 radical (unpaired) electrons. The Hall–Kier alpha value is -0.100. The van der Waals surface area contributed by atoms with Crippen molar-refractivity contribution in [2.24, 2.45) is 5.73 Å². The number of aliphatic hydroxyl groups excluding tert-OH is 1. The minimum absolute atomic E-state index is 0.382. The van der Waals surface area contributed by atoms with Gasteiger partial charge in [-0.25, -0.2) is 0 Å². The molecule has 1 rings (SSSR count). The number of nitrogens with two attached hydrogens (primary N) is 1. The number of carbonyl (C=O) groups excluding carboxylic acids is 1. The van der Waals surface area contributed by atoms with E-state index < -0.39 is 12.0 Å². The van der Waals surface area contributed by atoms with Crippen molar-refractivity contribution in [1.82, 2.24) is 0 Å². The highest BCUT2D eigenvalue weighted by molar-refractivity contribution is 9.09. The molecule has 1 heterocycles. The van der Waals surface area contributed by atoms with Gasteiger partial charge in [-0.3, -0.25) is 4.79 Å². The van der Waals surface area contributed by atoms with Gasteiger partial charge in [-0.05, 0) is 11.6 Å². The smallest absolute Gasteiger partial charge is 0.259 e. The first-order valence-electron chi connectivity index (χ1n) is 3.86. The summed E-state index contributed by atoms with van der Waals surface area (Å²) >= 11 is 10.0. The summed E-state index contributed by atoms with van der Waals surface area (Å²) in [5, 5.41) is 9.85. The van der Waals surface area contributed by atoms with Crippen molar-refractivity contribution in [3.05, 3.63) is 20.8 Å². The first-order valence-corrected chi connectivity index (χ1v) is 6.18. The molecule has 0 aromatic carbocycles. The highest BCUT2D eigenvalue weighted by Gasteiger charge is 2.15. The van der Waals surface area contributed by atoms with Crippen molar-refractivity contribution in [2.45, 2.75) is 12.5 Å². The maximum Gasteiger partial charge on any atom is 0.259 e. The Morgan fingerprint density at radius 1 is 1.79 bits per heavy atom. The van der Waals surface area contributed by atoms with Gasteiger partial charge in [0.1, 0.15) is 0 Å². The van der Waals surface area contributed by atoms with Gasteiger partial charge in [-0.2, -0.15) is 0 Å². The molecule has 1 aromatic rings. The molecule has 1 aromatic heterocycles. The zero-order valence-electron chi connectivity index (χ0n) is 7.17. The van der Waals surface area contributed by atoms with E-state index in [-0.39, 0.29) is 0 Å². The second kappa shape index (κ2) is 5.11. The van der Waals surface area contributed by atoms with Crippen LogP contribution in [0.25, 0.3) is 0 Å². The van der Waals surface area contributed by atoms with E-state index in [2.05, 4.69) is 15.9 Å². The number of primary amides is 1. The lowest BCUT2D eigenvalue weighted by Gasteiger charge is -2.05. The monoisotopic (exact) mass is 297 g/mol. The quantitative estimate of drug-likeness (QED) is 0.833. The van der Waals surface area contributed by atoms with E-state index >= 15 is 0 Å². The maximum atomic E-state index is 11.0. The molecular weight excluding hydrogens is 290 g/mol. The van der Waals surface area contributed by atoms with Gasteiger partial charge < -0.3 is 10.8 Å². The summed E-state index contributed by atoms with van der Waals surface area (Å²) in [6.45, 7) is 0. The highest BCUT2D eigenvalue weighted by atomic mass is 79.9. The van der Waals surface area contributed by atoms with E-state index in [0.29, 0.717) is 26.5 Å². The minimum Gasteiger partial charge on any atom is -0.392 e. The lowest BCUT2D eigenvalue weighted by Crippen LogP contribution is -2.16. The average molecular weight is 299 g/mol. The summed E-state index contributed by atoms with van der Waals surface area (Å²) < 4.78 is 0.510. The van der Waals surface area contributed by atoms with E-state index in [1.807, 2.05) is 0 Å². The Morgan fingerprint density at radius 3 is 2.93 bits per heavy atom. The molecule has 0 aliphatic rings. The van der Waals surface area contributed by atoms with Crippen LogP contribution in [-0.2, 0) is 6.42 Å². The summed E-state index contributed by atoms with van der Waals surface area (Å²) in [5.41, 5.74) is 5.87. The fourth-order valence-corrected chi connectivity index (χ4v) is 2.43. The van der Waals surface area contributed by atoms with Crippen LogP contribution in [0.15, 0.2) is 6.07 Å². The van der Waals surface area contributed by atoms with Crippen molar-refractivity contribution < 1.29 is 9.90 Å². The van der Waals surface area contributed by atoms with E-state index in [1.54, 1.807) is 6.07 Å². The summed E-state index contributed by atoms with van der Waals surface area (Å²) in [7, 11) is 0. The molecule has 1 amide bonds. The Bertz CT molecular complexity index is 342. The molecule has 3 nitrogen and oxygen atoms in total. The van der Waals surface area contributed by atoms with Crippen LogP contribution in [0, 0.1) is 0 Å². The molecule has 14 heavy (non-hydrogen) atoms. The van der Waals surface area contributed by atoms with Gasteiger partial charge in [0.25, 0.3) is 5.91 Å². The summed E-state index contributed by atoms with van der Waals surface area (Å²) in [6, 6.07) is 1.66. The zero-order valence-corrected chi connectivity index (χ0v) is 10.3. The number of thiophene rings is 1. The van der Waals surface area contributed by atoms with Gasteiger partial charge in [-0.1, -0.05) is 27.5 Å². The fourth-order valence-electron chi connectivity index (χ4n) is 1.06. The number of hydrogen-bond acceptors (Lipinski definition) is 3. The van der Waals surface area contributed by atoms with Gasteiger partial charge in [-0.15, -0.1) is 11.3 Å². The molecular formula is C8H9BrClNO2S. The third-order valence-electron chi connectivity index (χ3n) is 1.64. The van der Waals surface area contributed by atoms with Crippen LogP contribution in [0.1, 0.15) is 15.2 Å². The van der Waals surface area contributed by atoms with Crippen LogP contribution in [0.4, 0.5) is 0 Å². The number of carbonyl (C=O) groups is 1. The van der Waals surface area contributed by atoms with E-state index in [9.17, 15) is 9.90 Å². The third-order valence-corrected chi connectivity index (χ3v) is 3.70. The van der Waals surface area contributed by atoms with Crippen LogP contribution < -0.4 is 5.73 Å². The fraction of sp³-hybridized carbons (Fsp3) is 0.375. The van der Waals surface area contributed by atoms with Crippen molar-refractivity contribution in [1.29, 1.82) is 0 Å². The second-order valence-electron chi connectivity index (χ2n) is 2.78. The summed E-state index contributed by atoms with van der Waals surface area (Å²) in [4.78, 5) is 11.4. The van der Waals surface area contributed by atoms with E-state index in [1.165, 1.54) is 0 Å². The number of rotatable bonds is 4. The second-order valence-corrected chi connectivity index (χ2v) is 5.11. The molecule has 1 unspecified atom stereocenters. The largest absolute Gasteiger partial charge is 0.392 e. The number of amides is 1. The normalized spacial score (nSPS) is 12.8. The van der Waals surface area contributed by atoms with Gasteiger partial charge in [0.05, 0.1) is 15.3 Å². The lowest BCUT2D eigenvalue weighted by molar-refractivity contribution is 0.100. The number of aliphatic hydroxyl groups is 1. The molecule has 0 saturated carbocycles. The Labute approximate surface area is 99.0 Å². The van der Waals surface area contributed by atoms with Crippen LogP contribution in [0.2, 0.25) is 4.34 Å². The molecule has 6 heteroatoms. The van der Waals surface area contributed by atoms with Crippen LogP contribution >= 0.6 is 38.9 Å². The Kier molecular flexibility index (Phi) is 4.37. The Balaban J connectivity index is 2.89. The van der Waals surface area contributed by atoms with Crippen molar-refractivity contribution >= 4 is 44.8 Å². The molecule has 78 valence electrons. The minimum atomic E-state index is -0.529. The predicted octanol–water partition coefficient (Wildman–Crippen LogP) is 1.80. The molecule has 0 aliphatic carbocycles. The molecule has 1 atom stereocenters. The van der Waals surface area contributed by atoms with Crippen molar-refractivity contribution in [2.75, 3.05) is 5.33 Å². The topological polar surface area (TPSA) is 63.3 Å². The van der Waals surface area contributed by atoms with Gasteiger partial charge in [0, 0.05) is 11.8 Å². The van der Waals surface area contributed by atoms with Gasteiger partial charge in [0.2, 0.25) is 0 Å². The number of halogens is 2. The van der Waals surface area contributed by atoms with E-state index in [0.717, 1.165) is 11.3 Å². The SMILES string of the molecule is NC(=O)c1sc(Cl)cc1CC(O)CBr. The first-order chi connectivity index (χ1) is 6.54. The summed E-state index contributed by atoms with van der Waals surface area (Å²) in [6.07, 6.45) is -0.147. The van der Waals surface area contributed by atoms with Gasteiger partial charge >= 0.3 is 0 Å². The molecule has 0 saturated heterocycles. The van der Waals surface area contributed by atoms with Crippen LogP contribution in [0.5, 0.6) is 0 Å². The van der Waals surface area contributed by atoms with Gasteiger partial charge in [0.15, 0.2) is 0 Å². The number of alkyl halides is 1. The molecule has 3 N–H and O–H groups in total. The van der Waals surface area contributed by atoms with Crippen molar-refractivity contribution in [3.63, 3.8) is 0 Å². The molecule has 0 aliphatic heterocycles. The standard InChI is InChI=1S/C8H9BrClNO2S/c9-3-5(12)1-4-2-6(10)14-7(4)8(11)13/h2,5,12H,1,3H2,(H2,11,13). The Morgan fingerprint density at radius 2 is 2.43 bits per heavy atom. The maximum absolute atomic E-state index is 11.0. The number of hydrogen-bond donors (Lipinski definition) is 2. The van der Waals surface area contributed by atoms with E-state index in [4.69, 9.17) is 17.3 Å². The summed E-state index contributed by atoms with van der Waals surface area (Å²) in [5.74, 6) is -0.501. The van der Waals surface area contributed by atoms with Crippen LogP contribution in [0.3, 0.4) is 0 Å². The highest BCUT2D eigenvalue weighted by Crippen LogP contribution is 2.27. The predicted molar refractivity (Wildman–Crippen MR) is 61.4 cm³/mol. The van der Waals surface area contributed by atoms with Crippen LogP contribution in [-0.4, -0.2) is 22.4 Å². The third kappa shape index (κ3) is 2.95. The zero-order chi connectivity index (χ0) is 10.7. The first kappa shape index (κ1) is 12.0. The lowest BCUT2D eigenvalue weighted by atomic mass is 10.1. The average Bonchev–Trinajstić information content (AvgIpc) is 2.46.